The molecule has 0 spiro atoms. The molecule has 2 aromatic rings. The van der Waals surface area contributed by atoms with E-state index in [0.29, 0.717) is 6.04 Å². The molecule has 1 saturated heterocycles. The van der Waals surface area contributed by atoms with Gasteiger partial charge in [-0.05, 0) is 31.5 Å². The van der Waals surface area contributed by atoms with Crippen LogP contribution in [0.15, 0.2) is 36.5 Å². The van der Waals surface area contributed by atoms with Crippen LogP contribution in [-0.4, -0.2) is 30.7 Å². The molecule has 0 radical (unpaired) electrons. The number of anilines is 1. The van der Waals surface area contributed by atoms with E-state index in [2.05, 4.69) is 46.4 Å². The van der Waals surface area contributed by atoms with Crippen molar-refractivity contribution in [1.29, 1.82) is 0 Å². The Balaban J connectivity index is 1.74. The van der Waals surface area contributed by atoms with E-state index in [0.717, 1.165) is 25.2 Å². The molecular formula is C16H21N3. The summed E-state index contributed by atoms with van der Waals surface area (Å²) < 4.78 is 0. The van der Waals surface area contributed by atoms with Crippen molar-refractivity contribution in [2.45, 2.75) is 25.8 Å². The van der Waals surface area contributed by atoms with Crippen molar-refractivity contribution in [3.05, 3.63) is 36.5 Å². The van der Waals surface area contributed by atoms with Crippen molar-refractivity contribution >= 4 is 16.6 Å². The fourth-order valence-electron chi connectivity index (χ4n) is 2.86. The predicted molar refractivity (Wildman–Crippen MR) is 80.7 cm³/mol. The van der Waals surface area contributed by atoms with Gasteiger partial charge in [0.05, 0.1) is 17.4 Å². The lowest BCUT2D eigenvalue weighted by atomic mass is 10.0. The van der Waals surface area contributed by atoms with Crippen molar-refractivity contribution < 1.29 is 0 Å². The first-order chi connectivity index (χ1) is 9.36. The maximum atomic E-state index is 4.55. The third kappa shape index (κ3) is 2.71. The van der Waals surface area contributed by atoms with Gasteiger partial charge in [-0.2, -0.15) is 0 Å². The van der Waals surface area contributed by atoms with Crippen molar-refractivity contribution in [2.24, 2.45) is 0 Å². The van der Waals surface area contributed by atoms with Crippen molar-refractivity contribution in [2.75, 3.05) is 24.5 Å². The number of piperidine rings is 1. The van der Waals surface area contributed by atoms with Gasteiger partial charge in [-0.3, -0.25) is 4.98 Å². The van der Waals surface area contributed by atoms with Gasteiger partial charge < -0.3 is 10.2 Å². The van der Waals surface area contributed by atoms with Gasteiger partial charge in [0, 0.05) is 24.5 Å². The standard InChI is InChI=1S/C16H21N3/c1-2-17-14-7-9-19(10-8-14)15-11-13-5-3-4-6-16(13)18-12-15/h3-6,11-12,14,17H,2,7-10H2,1H3. The topological polar surface area (TPSA) is 28.2 Å². The summed E-state index contributed by atoms with van der Waals surface area (Å²) >= 11 is 0. The largest absolute Gasteiger partial charge is 0.370 e. The van der Waals surface area contributed by atoms with Gasteiger partial charge in [0.2, 0.25) is 0 Å². The smallest absolute Gasteiger partial charge is 0.0703 e. The summed E-state index contributed by atoms with van der Waals surface area (Å²) in [5.74, 6) is 0. The van der Waals surface area contributed by atoms with Gasteiger partial charge >= 0.3 is 0 Å². The highest BCUT2D eigenvalue weighted by atomic mass is 15.2. The second-order valence-corrected chi connectivity index (χ2v) is 5.21. The van der Waals surface area contributed by atoms with Crippen molar-refractivity contribution in [1.82, 2.24) is 10.3 Å². The van der Waals surface area contributed by atoms with Gasteiger partial charge in [-0.15, -0.1) is 0 Å². The molecule has 1 aliphatic heterocycles. The van der Waals surface area contributed by atoms with E-state index < -0.39 is 0 Å². The first-order valence-electron chi connectivity index (χ1n) is 7.20. The summed E-state index contributed by atoms with van der Waals surface area (Å²) in [6, 6.07) is 11.3. The van der Waals surface area contributed by atoms with Gasteiger partial charge in [0.15, 0.2) is 0 Å². The zero-order valence-corrected chi connectivity index (χ0v) is 11.5. The number of nitrogens with zero attached hydrogens (tertiary/aromatic N) is 2. The molecule has 0 atom stereocenters. The highest BCUT2D eigenvalue weighted by molar-refractivity contribution is 5.81. The Morgan fingerprint density at radius 2 is 2.05 bits per heavy atom. The van der Waals surface area contributed by atoms with Crippen LogP contribution < -0.4 is 10.2 Å². The van der Waals surface area contributed by atoms with E-state index >= 15 is 0 Å². The van der Waals surface area contributed by atoms with Crippen LogP contribution in [0.2, 0.25) is 0 Å². The summed E-state index contributed by atoms with van der Waals surface area (Å²) in [5, 5.41) is 4.77. The van der Waals surface area contributed by atoms with E-state index in [-0.39, 0.29) is 0 Å². The quantitative estimate of drug-likeness (QED) is 0.914. The van der Waals surface area contributed by atoms with Crippen LogP contribution in [0.25, 0.3) is 10.9 Å². The van der Waals surface area contributed by atoms with Crippen molar-refractivity contribution in [3.63, 3.8) is 0 Å². The van der Waals surface area contributed by atoms with Crippen LogP contribution in [0.5, 0.6) is 0 Å². The minimum atomic E-state index is 0.690. The molecule has 3 nitrogen and oxygen atoms in total. The maximum Gasteiger partial charge on any atom is 0.0703 e. The predicted octanol–water partition coefficient (Wildman–Crippen LogP) is 2.81. The first kappa shape index (κ1) is 12.4. The van der Waals surface area contributed by atoms with E-state index in [1.54, 1.807) is 0 Å². The number of hydrogen-bond donors (Lipinski definition) is 1. The zero-order chi connectivity index (χ0) is 13.1. The lowest BCUT2D eigenvalue weighted by Gasteiger charge is -2.33. The van der Waals surface area contributed by atoms with Crippen LogP contribution in [0.1, 0.15) is 19.8 Å². The van der Waals surface area contributed by atoms with Crippen LogP contribution in [-0.2, 0) is 0 Å². The Hall–Kier alpha value is -1.61. The molecule has 1 aromatic heterocycles. The summed E-state index contributed by atoms with van der Waals surface area (Å²) in [4.78, 5) is 7.01. The molecule has 1 N–H and O–H groups in total. The molecule has 3 rings (SSSR count). The Bertz CT molecular complexity index is 544. The van der Waals surface area contributed by atoms with Gasteiger partial charge in [0.25, 0.3) is 0 Å². The van der Waals surface area contributed by atoms with Gasteiger partial charge in [-0.1, -0.05) is 25.1 Å². The molecule has 1 aromatic carbocycles. The number of benzene rings is 1. The number of hydrogen-bond acceptors (Lipinski definition) is 3. The summed E-state index contributed by atoms with van der Waals surface area (Å²) in [6.07, 6.45) is 4.46. The average molecular weight is 255 g/mol. The fourth-order valence-corrected chi connectivity index (χ4v) is 2.86. The highest BCUT2D eigenvalue weighted by Crippen LogP contribution is 2.23. The molecule has 3 heteroatoms. The lowest BCUT2D eigenvalue weighted by Crippen LogP contribution is -2.42. The number of pyridine rings is 1. The van der Waals surface area contributed by atoms with Gasteiger partial charge in [0.1, 0.15) is 0 Å². The van der Waals surface area contributed by atoms with Crippen LogP contribution in [0.3, 0.4) is 0 Å². The molecule has 0 bridgehead atoms. The SMILES string of the molecule is CCNC1CCN(c2cnc3ccccc3c2)CC1. The third-order valence-electron chi connectivity index (χ3n) is 3.93. The number of aromatic nitrogens is 1. The first-order valence-corrected chi connectivity index (χ1v) is 7.20. The van der Waals surface area contributed by atoms with Crippen LogP contribution >= 0.6 is 0 Å². The third-order valence-corrected chi connectivity index (χ3v) is 3.93. The molecule has 2 heterocycles. The minimum absolute atomic E-state index is 0.690. The fraction of sp³-hybridized carbons (Fsp3) is 0.438. The normalized spacial score (nSPS) is 17.0. The number of para-hydroxylation sites is 1. The molecule has 19 heavy (non-hydrogen) atoms. The molecule has 0 aliphatic carbocycles. The van der Waals surface area contributed by atoms with E-state index in [9.17, 15) is 0 Å². The Labute approximate surface area is 114 Å². The molecular weight excluding hydrogens is 234 g/mol. The lowest BCUT2D eigenvalue weighted by molar-refractivity contribution is 0.424. The average Bonchev–Trinajstić information content (AvgIpc) is 2.48. The monoisotopic (exact) mass is 255 g/mol. The van der Waals surface area contributed by atoms with E-state index in [1.165, 1.54) is 23.9 Å². The minimum Gasteiger partial charge on any atom is -0.370 e. The van der Waals surface area contributed by atoms with Crippen LogP contribution in [0, 0.1) is 0 Å². The van der Waals surface area contributed by atoms with E-state index in [1.807, 2.05) is 12.3 Å². The maximum absolute atomic E-state index is 4.55. The van der Waals surface area contributed by atoms with Crippen molar-refractivity contribution in [3.8, 4) is 0 Å². The summed E-state index contributed by atoms with van der Waals surface area (Å²) in [6.45, 7) is 5.50. The number of fused-ring (bicyclic) bond motifs is 1. The molecule has 1 aliphatic rings. The Kier molecular flexibility index (Phi) is 3.65. The highest BCUT2D eigenvalue weighted by Gasteiger charge is 2.18. The molecule has 0 saturated carbocycles. The van der Waals surface area contributed by atoms with Crippen LogP contribution in [0.4, 0.5) is 5.69 Å². The second kappa shape index (κ2) is 5.57. The molecule has 1 fully saturated rings. The molecule has 100 valence electrons. The Morgan fingerprint density at radius 3 is 2.84 bits per heavy atom. The van der Waals surface area contributed by atoms with E-state index in [4.69, 9.17) is 0 Å². The zero-order valence-electron chi connectivity index (χ0n) is 11.5. The summed E-state index contributed by atoms with van der Waals surface area (Å²) in [7, 11) is 0. The van der Waals surface area contributed by atoms with Gasteiger partial charge in [-0.25, -0.2) is 0 Å². The number of nitrogens with one attached hydrogen (secondary N) is 1. The second-order valence-electron chi connectivity index (χ2n) is 5.21. The molecule has 0 amide bonds. The number of rotatable bonds is 3. The summed E-state index contributed by atoms with van der Waals surface area (Å²) in [5.41, 5.74) is 2.34. The molecule has 0 unspecified atom stereocenters. The Morgan fingerprint density at radius 1 is 1.26 bits per heavy atom.